The van der Waals surface area contributed by atoms with Crippen molar-refractivity contribution in [1.29, 1.82) is 0 Å². The maximum absolute atomic E-state index is 13.7. The molecule has 110 valence electrons. The number of rotatable bonds is 4. The Bertz CT molecular complexity index is 476. The van der Waals surface area contributed by atoms with E-state index in [0.29, 0.717) is 0 Å². The lowest BCUT2D eigenvalue weighted by Gasteiger charge is -2.34. The number of aliphatic hydroxyl groups excluding tert-OH is 1. The van der Waals surface area contributed by atoms with Gasteiger partial charge in [-0.15, -0.1) is 0 Å². The van der Waals surface area contributed by atoms with Crippen molar-refractivity contribution < 1.29 is 18.7 Å². The fraction of sp³-hybridized carbons (Fsp3) is 0.571. The highest BCUT2D eigenvalue weighted by molar-refractivity contribution is 5.94. The minimum absolute atomic E-state index is 0.0148. The van der Waals surface area contributed by atoms with Gasteiger partial charge in [0.1, 0.15) is 0 Å². The van der Waals surface area contributed by atoms with Crippen molar-refractivity contribution in [3.05, 3.63) is 29.6 Å². The van der Waals surface area contributed by atoms with E-state index in [4.69, 9.17) is 5.11 Å². The molecule has 0 aliphatic heterocycles. The molecule has 1 aliphatic carbocycles. The van der Waals surface area contributed by atoms with Crippen molar-refractivity contribution in [2.24, 2.45) is 0 Å². The minimum Gasteiger partial charge on any atom is -0.395 e. The Morgan fingerprint density at radius 3 is 2.70 bits per heavy atom. The first-order valence-electron chi connectivity index (χ1n) is 6.87. The van der Waals surface area contributed by atoms with Crippen molar-refractivity contribution in [2.75, 3.05) is 13.2 Å². The Hall–Kier alpha value is -1.56. The van der Waals surface area contributed by atoms with Crippen molar-refractivity contribution in [3.8, 4) is 0 Å². The Morgan fingerprint density at radius 2 is 2.05 bits per heavy atom. The maximum Gasteiger partial charge on any atom is 0.257 e. The molecule has 1 aromatic heterocycles. The number of aliphatic hydroxyl groups is 1. The Balaban J connectivity index is 2.23. The third-order valence-corrected chi connectivity index (χ3v) is 3.69. The molecule has 0 atom stereocenters. The summed E-state index contributed by atoms with van der Waals surface area (Å²) in [5, 5.41) is 9.11. The first-order valence-corrected chi connectivity index (χ1v) is 6.87. The van der Waals surface area contributed by atoms with Crippen LogP contribution >= 0.6 is 0 Å². The number of carbonyl (C=O) groups excluding carboxylic acids is 1. The summed E-state index contributed by atoms with van der Waals surface area (Å²) in [5.41, 5.74) is -0.323. The van der Waals surface area contributed by atoms with Gasteiger partial charge in [0.25, 0.3) is 5.91 Å². The maximum atomic E-state index is 13.7. The molecule has 1 N–H and O–H groups in total. The molecule has 2 rings (SSSR count). The van der Waals surface area contributed by atoms with Crippen LogP contribution in [-0.4, -0.2) is 40.1 Å². The summed E-state index contributed by atoms with van der Waals surface area (Å²) in [4.78, 5) is 17.0. The SMILES string of the molecule is O=C(c1ccnc(F)c1F)N(CCO)C1CCCCC1. The van der Waals surface area contributed by atoms with E-state index in [1.165, 1.54) is 11.0 Å². The smallest absolute Gasteiger partial charge is 0.257 e. The lowest BCUT2D eigenvalue weighted by atomic mass is 9.93. The summed E-state index contributed by atoms with van der Waals surface area (Å²) in [5.74, 6) is -3.08. The van der Waals surface area contributed by atoms with Crippen LogP contribution in [0.25, 0.3) is 0 Å². The van der Waals surface area contributed by atoms with Crippen LogP contribution in [0.2, 0.25) is 0 Å². The van der Waals surface area contributed by atoms with Crippen LogP contribution in [-0.2, 0) is 0 Å². The van der Waals surface area contributed by atoms with Gasteiger partial charge in [-0.05, 0) is 18.9 Å². The van der Waals surface area contributed by atoms with Crippen LogP contribution in [0.3, 0.4) is 0 Å². The number of nitrogens with zero attached hydrogens (tertiary/aromatic N) is 2. The van der Waals surface area contributed by atoms with Gasteiger partial charge >= 0.3 is 0 Å². The van der Waals surface area contributed by atoms with Crippen molar-refractivity contribution in [1.82, 2.24) is 9.88 Å². The average molecular weight is 284 g/mol. The molecule has 1 aromatic rings. The van der Waals surface area contributed by atoms with Crippen molar-refractivity contribution in [3.63, 3.8) is 0 Å². The van der Waals surface area contributed by atoms with E-state index in [2.05, 4.69) is 4.98 Å². The quantitative estimate of drug-likeness (QED) is 0.862. The molecular formula is C14H18F2N2O2. The Labute approximate surface area is 116 Å². The Kier molecular flexibility index (Phi) is 5.00. The zero-order valence-corrected chi connectivity index (χ0v) is 11.2. The molecule has 20 heavy (non-hydrogen) atoms. The molecule has 0 unspecified atom stereocenters. The second-order valence-electron chi connectivity index (χ2n) is 4.98. The number of aromatic nitrogens is 1. The first-order chi connectivity index (χ1) is 9.65. The van der Waals surface area contributed by atoms with Gasteiger partial charge in [0, 0.05) is 18.8 Å². The predicted octanol–water partition coefficient (Wildman–Crippen LogP) is 2.13. The molecule has 0 spiro atoms. The molecule has 1 amide bonds. The number of amides is 1. The molecule has 0 aromatic carbocycles. The molecule has 4 nitrogen and oxygen atoms in total. The summed E-state index contributed by atoms with van der Waals surface area (Å²) < 4.78 is 26.8. The number of hydrogen-bond acceptors (Lipinski definition) is 3. The van der Waals surface area contributed by atoms with E-state index >= 15 is 0 Å². The lowest BCUT2D eigenvalue weighted by Crippen LogP contribution is -2.43. The molecule has 0 bridgehead atoms. The van der Waals surface area contributed by atoms with Gasteiger partial charge in [-0.2, -0.15) is 4.39 Å². The number of halogens is 2. The third-order valence-electron chi connectivity index (χ3n) is 3.69. The standard InChI is InChI=1S/C14H18F2N2O2/c15-12-11(6-7-17-13(12)16)14(20)18(8-9-19)10-4-2-1-3-5-10/h6-7,10,19H,1-5,8-9H2. The van der Waals surface area contributed by atoms with Crippen LogP contribution in [0.15, 0.2) is 12.3 Å². The summed E-state index contributed by atoms with van der Waals surface area (Å²) in [6.07, 6.45) is 5.88. The average Bonchev–Trinajstić information content (AvgIpc) is 2.48. The van der Waals surface area contributed by atoms with Gasteiger partial charge < -0.3 is 10.0 Å². The normalized spacial score (nSPS) is 16.1. The highest BCUT2D eigenvalue weighted by Gasteiger charge is 2.28. The van der Waals surface area contributed by atoms with E-state index in [1.807, 2.05) is 0 Å². The summed E-state index contributed by atoms with van der Waals surface area (Å²) in [6, 6.07) is 1.16. The third kappa shape index (κ3) is 3.12. The fourth-order valence-corrected chi connectivity index (χ4v) is 2.69. The second-order valence-corrected chi connectivity index (χ2v) is 4.98. The molecule has 6 heteroatoms. The van der Waals surface area contributed by atoms with Crippen LogP contribution in [0.1, 0.15) is 42.5 Å². The largest absolute Gasteiger partial charge is 0.395 e. The summed E-state index contributed by atoms with van der Waals surface area (Å²) in [6.45, 7) is -0.0652. The highest BCUT2D eigenvalue weighted by Crippen LogP contribution is 2.24. The number of carbonyl (C=O) groups is 1. The zero-order valence-electron chi connectivity index (χ0n) is 11.2. The molecular weight excluding hydrogens is 266 g/mol. The van der Waals surface area contributed by atoms with Crippen LogP contribution < -0.4 is 0 Å². The van der Waals surface area contributed by atoms with Gasteiger partial charge in [-0.1, -0.05) is 19.3 Å². The lowest BCUT2D eigenvalue weighted by molar-refractivity contribution is 0.0579. The van der Waals surface area contributed by atoms with E-state index in [-0.39, 0.29) is 24.8 Å². The van der Waals surface area contributed by atoms with Crippen molar-refractivity contribution in [2.45, 2.75) is 38.1 Å². The topological polar surface area (TPSA) is 53.4 Å². The molecule has 1 saturated carbocycles. The molecule has 1 fully saturated rings. The van der Waals surface area contributed by atoms with Crippen molar-refractivity contribution >= 4 is 5.91 Å². The summed E-state index contributed by atoms with van der Waals surface area (Å²) in [7, 11) is 0. The van der Waals surface area contributed by atoms with Gasteiger partial charge in [0.05, 0.1) is 12.2 Å². The van der Waals surface area contributed by atoms with E-state index < -0.39 is 17.7 Å². The van der Waals surface area contributed by atoms with Gasteiger partial charge in [-0.3, -0.25) is 4.79 Å². The summed E-state index contributed by atoms with van der Waals surface area (Å²) >= 11 is 0. The molecule has 0 saturated heterocycles. The minimum atomic E-state index is -1.27. The number of pyridine rings is 1. The number of hydrogen-bond donors (Lipinski definition) is 1. The molecule has 1 heterocycles. The fourth-order valence-electron chi connectivity index (χ4n) is 2.69. The van der Waals surface area contributed by atoms with Gasteiger partial charge in [0.15, 0.2) is 5.82 Å². The van der Waals surface area contributed by atoms with E-state index in [0.717, 1.165) is 38.3 Å². The Morgan fingerprint density at radius 1 is 1.35 bits per heavy atom. The zero-order chi connectivity index (χ0) is 14.5. The van der Waals surface area contributed by atoms with Gasteiger partial charge in [0.2, 0.25) is 5.95 Å². The monoisotopic (exact) mass is 284 g/mol. The molecule has 0 radical (unpaired) electrons. The van der Waals surface area contributed by atoms with E-state index in [1.54, 1.807) is 0 Å². The molecule has 1 aliphatic rings. The van der Waals surface area contributed by atoms with Crippen LogP contribution in [0.4, 0.5) is 8.78 Å². The second kappa shape index (κ2) is 6.74. The van der Waals surface area contributed by atoms with Crippen LogP contribution in [0.5, 0.6) is 0 Å². The predicted molar refractivity (Wildman–Crippen MR) is 69.1 cm³/mol. The van der Waals surface area contributed by atoms with E-state index in [9.17, 15) is 13.6 Å². The van der Waals surface area contributed by atoms with Gasteiger partial charge in [-0.25, -0.2) is 9.37 Å². The highest BCUT2D eigenvalue weighted by atomic mass is 19.2. The van der Waals surface area contributed by atoms with Crippen LogP contribution in [0, 0.1) is 11.8 Å². The first kappa shape index (κ1) is 14.8.